The van der Waals surface area contributed by atoms with Gasteiger partial charge in [0.1, 0.15) is 10.1 Å². The van der Waals surface area contributed by atoms with Gasteiger partial charge in [0.05, 0.1) is 29.6 Å². The van der Waals surface area contributed by atoms with Crippen LogP contribution >= 0.6 is 23.2 Å². The topological polar surface area (TPSA) is 78.7 Å². The Bertz CT molecular complexity index is 1240. The normalized spacial score (nSPS) is 15.1. The Labute approximate surface area is 212 Å². The maximum absolute atomic E-state index is 11.8. The molecule has 2 aromatic carbocycles. The van der Waals surface area contributed by atoms with E-state index < -0.39 is 10.1 Å². The fourth-order valence-corrected chi connectivity index (χ4v) is 4.57. The maximum atomic E-state index is 11.8. The highest BCUT2D eigenvalue weighted by atomic mass is 35.5. The first-order valence-corrected chi connectivity index (χ1v) is 13.2. The predicted molar refractivity (Wildman–Crippen MR) is 137 cm³/mol. The quantitative estimate of drug-likeness (QED) is 0.565. The molecule has 0 aliphatic heterocycles. The number of allylic oxidation sites excluding steroid dienone is 5. The lowest BCUT2D eigenvalue weighted by Crippen LogP contribution is -3.11. The number of aryl methyl sites for hydroxylation is 1. The van der Waals surface area contributed by atoms with Crippen molar-refractivity contribution in [2.24, 2.45) is 0 Å². The monoisotopic (exact) mass is 521 g/mol. The highest BCUT2D eigenvalue weighted by molar-refractivity contribution is 7.85. The average molecular weight is 522 g/mol. The first kappa shape index (κ1) is 28.0. The van der Waals surface area contributed by atoms with Gasteiger partial charge >= 0.3 is 0 Å². The lowest BCUT2D eigenvalue weighted by atomic mass is 9.90. The maximum Gasteiger partial charge on any atom is 0.197 e. The van der Waals surface area contributed by atoms with E-state index in [1.54, 1.807) is 29.2 Å². The summed E-state index contributed by atoms with van der Waals surface area (Å²) in [6.07, 6.45) is 4.27. The summed E-state index contributed by atoms with van der Waals surface area (Å²) in [7, 11) is -4.73. The number of carbonyl (C=O) groups is 1. The molecule has 0 aromatic heterocycles. The molecule has 0 bridgehead atoms. The van der Waals surface area contributed by atoms with Crippen LogP contribution in [0.15, 0.2) is 76.2 Å². The van der Waals surface area contributed by atoms with Crippen LogP contribution in [0.2, 0.25) is 5.02 Å². The minimum atomic E-state index is -4.73. The number of hydrogen-bond acceptors (Lipinski definition) is 4. The van der Waals surface area contributed by atoms with Crippen LogP contribution in [-0.4, -0.2) is 38.4 Å². The fourth-order valence-electron chi connectivity index (χ4n) is 3.52. The summed E-state index contributed by atoms with van der Waals surface area (Å²) in [6.45, 7) is 12.3. The Morgan fingerprint density at radius 2 is 1.59 bits per heavy atom. The van der Waals surface area contributed by atoms with Gasteiger partial charge < -0.3 is 9.45 Å². The highest BCUT2D eigenvalue weighted by Gasteiger charge is 2.19. The number of carbonyl (C=O) groups excluding carboxylic acids is 1. The van der Waals surface area contributed by atoms with Gasteiger partial charge in [0.15, 0.2) is 5.78 Å². The van der Waals surface area contributed by atoms with E-state index in [-0.39, 0.29) is 21.3 Å². The van der Waals surface area contributed by atoms with Gasteiger partial charge in [-0.3, -0.25) is 4.79 Å². The number of quaternary nitrogens is 1. The van der Waals surface area contributed by atoms with Gasteiger partial charge in [0.2, 0.25) is 0 Å². The number of hydrogen-bond donors (Lipinski definition) is 1. The summed E-state index contributed by atoms with van der Waals surface area (Å²) in [5.74, 6) is -0.355. The molecule has 34 heavy (non-hydrogen) atoms. The molecule has 1 aliphatic carbocycles. The first-order chi connectivity index (χ1) is 16.0. The zero-order valence-corrected chi connectivity index (χ0v) is 22.0. The molecule has 3 rings (SSSR count). The molecule has 0 saturated heterocycles. The largest absolute Gasteiger partial charge is 0.744 e. The van der Waals surface area contributed by atoms with E-state index in [0.29, 0.717) is 21.7 Å². The van der Waals surface area contributed by atoms with Gasteiger partial charge in [-0.05, 0) is 74.3 Å². The lowest BCUT2D eigenvalue weighted by Gasteiger charge is -2.19. The van der Waals surface area contributed by atoms with Crippen molar-refractivity contribution in [1.82, 2.24) is 0 Å². The minimum absolute atomic E-state index is 0.00864. The molecule has 5 nitrogen and oxygen atoms in total. The van der Waals surface area contributed by atoms with E-state index in [4.69, 9.17) is 23.2 Å². The van der Waals surface area contributed by atoms with Crippen molar-refractivity contribution in [2.75, 3.05) is 19.6 Å². The molecule has 0 atom stereocenters. The van der Waals surface area contributed by atoms with Gasteiger partial charge in [-0.1, -0.05) is 59.6 Å². The summed E-state index contributed by atoms with van der Waals surface area (Å²) < 4.78 is 35.4. The van der Waals surface area contributed by atoms with Crippen molar-refractivity contribution in [1.29, 1.82) is 0 Å². The van der Waals surface area contributed by atoms with Crippen molar-refractivity contribution >= 4 is 44.7 Å². The van der Waals surface area contributed by atoms with Crippen molar-refractivity contribution in [3.8, 4) is 0 Å². The standard InChI is InChI=1S/C20H14Cl2O4S.C6H15N/c1-12-6-7-13(10-16(12)21)20(14-8-9-18(23)17(22)11-14)15-4-2-3-5-19(15)27(24,25)26;1-4-7(5-2)6-3/h2-11H,1H3,(H,24,25,26);4-6H2,1-3H3/b20-14+;. The zero-order valence-electron chi connectivity index (χ0n) is 19.7. The van der Waals surface area contributed by atoms with Gasteiger partial charge in [0, 0.05) is 10.6 Å². The van der Waals surface area contributed by atoms with E-state index in [1.165, 1.54) is 56.1 Å². The molecule has 0 heterocycles. The Morgan fingerprint density at radius 3 is 2.09 bits per heavy atom. The number of nitrogens with one attached hydrogen (secondary N) is 1. The molecule has 8 heteroatoms. The lowest BCUT2D eigenvalue weighted by molar-refractivity contribution is -0.894. The highest BCUT2D eigenvalue weighted by Crippen LogP contribution is 2.36. The summed E-state index contributed by atoms with van der Waals surface area (Å²) in [6, 6.07) is 11.1. The molecular formula is C26H29Cl2NO4S. The van der Waals surface area contributed by atoms with Crippen LogP contribution in [0.25, 0.3) is 5.57 Å². The second-order valence-corrected chi connectivity index (χ2v) is 9.91. The SMILES string of the molecule is CC[NH+](CC)CC.Cc1ccc(/C(=C2/C=CC(=O)C(Cl)=C2)c2ccccc2S(=O)(=O)[O-])cc1Cl. The van der Waals surface area contributed by atoms with Gasteiger partial charge in [-0.25, -0.2) is 8.42 Å². The van der Waals surface area contributed by atoms with Crippen LogP contribution in [-0.2, 0) is 14.9 Å². The van der Waals surface area contributed by atoms with E-state index in [2.05, 4.69) is 20.8 Å². The van der Waals surface area contributed by atoms with E-state index in [0.717, 1.165) is 5.56 Å². The van der Waals surface area contributed by atoms with Crippen molar-refractivity contribution in [2.45, 2.75) is 32.6 Å². The number of rotatable bonds is 6. The van der Waals surface area contributed by atoms with E-state index >= 15 is 0 Å². The third-order valence-electron chi connectivity index (χ3n) is 5.61. The summed E-state index contributed by atoms with van der Waals surface area (Å²) in [5.41, 5.74) is 2.58. The van der Waals surface area contributed by atoms with Crippen LogP contribution in [0.5, 0.6) is 0 Å². The predicted octanol–water partition coefficient (Wildman–Crippen LogP) is 4.55. The Hall–Kier alpha value is -2.22. The zero-order chi connectivity index (χ0) is 25.5. The van der Waals surface area contributed by atoms with Gasteiger partial charge in [0.25, 0.3) is 0 Å². The second-order valence-electron chi connectivity index (χ2n) is 7.75. The van der Waals surface area contributed by atoms with E-state index in [9.17, 15) is 17.8 Å². The number of halogens is 2. The van der Waals surface area contributed by atoms with Crippen LogP contribution in [0.3, 0.4) is 0 Å². The van der Waals surface area contributed by atoms with Gasteiger partial charge in [-0.15, -0.1) is 0 Å². The second kappa shape index (κ2) is 12.5. The van der Waals surface area contributed by atoms with Crippen LogP contribution in [0.1, 0.15) is 37.5 Å². The molecule has 1 N–H and O–H groups in total. The van der Waals surface area contributed by atoms with Crippen LogP contribution < -0.4 is 4.90 Å². The Balaban J connectivity index is 0.000000509. The van der Waals surface area contributed by atoms with E-state index in [1.807, 2.05) is 6.92 Å². The minimum Gasteiger partial charge on any atom is -0.744 e. The Kier molecular flexibility index (Phi) is 10.3. The van der Waals surface area contributed by atoms with Gasteiger partial charge in [-0.2, -0.15) is 0 Å². The third kappa shape index (κ3) is 7.14. The summed E-state index contributed by atoms with van der Waals surface area (Å²) in [5, 5.41) is 0.477. The van der Waals surface area contributed by atoms with Crippen molar-refractivity contribution < 1.29 is 22.7 Å². The summed E-state index contributed by atoms with van der Waals surface area (Å²) in [4.78, 5) is 13.0. The molecule has 0 spiro atoms. The van der Waals surface area contributed by atoms with Crippen molar-refractivity contribution in [3.05, 3.63) is 93.0 Å². The fraction of sp³-hybridized carbons (Fsp3) is 0.269. The molecule has 0 fully saturated rings. The molecule has 0 unspecified atom stereocenters. The molecule has 1 aliphatic rings. The van der Waals surface area contributed by atoms with Crippen LogP contribution in [0.4, 0.5) is 0 Å². The smallest absolute Gasteiger partial charge is 0.197 e. The molecule has 0 amide bonds. The first-order valence-electron chi connectivity index (χ1n) is 11.0. The number of benzene rings is 2. The summed E-state index contributed by atoms with van der Waals surface area (Å²) >= 11 is 12.2. The average Bonchev–Trinajstić information content (AvgIpc) is 2.80. The Morgan fingerprint density at radius 1 is 0.971 bits per heavy atom. The van der Waals surface area contributed by atoms with Crippen molar-refractivity contribution in [3.63, 3.8) is 0 Å². The number of ketones is 1. The molecule has 0 radical (unpaired) electrons. The molecule has 2 aromatic rings. The third-order valence-corrected chi connectivity index (χ3v) is 7.20. The molecule has 0 saturated carbocycles. The van der Waals surface area contributed by atoms with Crippen LogP contribution in [0, 0.1) is 6.92 Å². The molecular weight excluding hydrogens is 493 g/mol. The molecule has 182 valence electrons.